The standard InChI is InChI=1S/C20H21N3O3S/c24-18(9-8-15-5-2-1-3-6-15)22-12-10-16(11-13-22)23-20(25)26-19(21-23)17-7-4-14-27-17/h1-7,14,16H,8-13H2. The number of aryl methyl sites for hydroxylation is 1. The Kier molecular flexibility index (Phi) is 5.20. The maximum Gasteiger partial charge on any atom is 0.437 e. The highest BCUT2D eigenvalue weighted by Gasteiger charge is 2.26. The second-order valence-electron chi connectivity index (χ2n) is 6.69. The molecule has 0 aliphatic carbocycles. The number of piperidine rings is 1. The second-order valence-corrected chi connectivity index (χ2v) is 7.64. The minimum atomic E-state index is -0.424. The van der Waals surface area contributed by atoms with E-state index in [2.05, 4.69) is 5.10 Å². The number of likely N-dealkylation sites (tertiary alicyclic amines) is 1. The van der Waals surface area contributed by atoms with Gasteiger partial charge in [-0.2, -0.15) is 4.68 Å². The lowest BCUT2D eigenvalue weighted by Crippen LogP contribution is -2.40. The van der Waals surface area contributed by atoms with Crippen LogP contribution in [0.15, 0.2) is 57.1 Å². The fourth-order valence-electron chi connectivity index (χ4n) is 3.43. The van der Waals surface area contributed by atoms with Crippen molar-refractivity contribution in [2.24, 2.45) is 0 Å². The first kappa shape index (κ1) is 17.7. The zero-order chi connectivity index (χ0) is 18.6. The van der Waals surface area contributed by atoms with E-state index >= 15 is 0 Å². The monoisotopic (exact) mass is 383 g/mol. The number of hydrogen-bond donors (Lipinski definition) is 0. The lowest BCUT2D eigenvalue weighted by Gasteiger charge is -2.31. The normalized spacial score (nSPS) is 15.2. The molecular weight excluding hydrogens is 362 g/mol. The molecule has 7 heteroatoms. The Morgan fingerprint density at radius 2 is 1.93 bits per heavy atom. The average molecular weight is 383 g/mol. The lowest BCUT2D eigenvalue weighted by atomic mass is 10.0. The Balaban J connectivity index is 1.34. The fraction of sp³-hybridized carbons (Fsp3) is 0.350. The van der Waals surface area contributed by atoms with E-state index in [1.54, 1.807) is 0 Å². The minimum absolute atomic E-state index is 0.0202. The van der Waals surface area contributed by atoms with Crippen LogP contribution in [0, 0.1) is 0 Å². The molecule has 140 valence electrons. The summed E-state index contributed by atoms with van der Waals surface area (Å²) in [6, 6.07) is 13.8. The predicted octanol–water partition coefficient (Wildman–Crippen LogP) is 3.36. The molecule has 0 spiro atoms. The van der Waals surface area contributed by atoms with Crippen molar-refractivity contribution in [3.05, 3.63) is 64.0 Å². The second kappa shape index (κ2) is 7.92. The number of nitrogens with zero attached hydrogens (tertiary/aromatic N) is 3. The Morgan fingerprint density at radius 3 is 2.63 bits per heavy atom. The molecule has 3 heterocycles. The topological polar surface area (TPSA) is 68.3 Å². The minimum Gasteiger partial charge on any atom is -0.387 e. The zero-order valence-corrected chi connectivity index (χ0v) is 15.7. The van der Waals surface area contributed by atoms with Crippen LogP contribution >= 0.6 is 11.3 Å². The highest BCUT2D eigenvalue weighted by molar-refractivity contribution is 7.13. The van der Waals surface area contributed by atoms with Gasteiger partial charge in [-0.1, -0.05) is 36.4 Å². The summed E-state index contributed by atoms with van der Waals surface area (Å²) < 4.78 is 6.75. The number of hydrogen-bond acceptors (Lipinski definition) is 5. The van der Waals surface area contributed by atoms with E-state index in [1.165, 1.54) is 21.6 Å². The highest BCUT2D eigenvalue weighted by atomic mass is 32.1. The van der Waals surface area contributed by atoms with Crippen LogP contribution < -0.4 is 5.76 Å². The van der Waals surface area contributed by atoms with Gasteiger partial charge in [-0.25, -0.2) is 4.79 Å². The van der Waals surface area contributed by atoms with Crippen LogP contribution in [0.3, 0.4) is 0 Å². The van der Waals surface area contributed by atoms with E-state index in [1.807, 2.05) is 52.7 Å². The Bertz CT molecular complexity index is 939. The quantitative estimate of drug-likeness (QED) is 0.677. The molecule has 0 N–H and O–H groups in total. The third-order valence-corrected chi connectivity index (χ3v) is 5.79. The molecule has 3 aromatic rings. The van der Waals surface area contributed by atoms with Crippen molar-refractivity contribution in [2.45, 2.75) is 31.7 Å². The third kappa shape index (κ3) is 4.03. The first-order valence-corrected chi connectivity index (χ1v) is 10.0. The van der Waals surface area contributed by atoms with E-state index in [4.69, 9.17) is 4.42 Å². The summed E-state index contributed by atoms with van der Waals surface area (Å²) in [5.41, 5.74) is 1.18. The maximum atomic E-state index is 12.5. The molecule has 1 aliphatic heterocycles. The molecule has 0 radical (unpaired) electrons. The first-order valence-electron chi connectivity index (χ1n) is 9.16. The van der Waals surface area contributed by atoms with Gasteiger partial charge in [-0.3, -0.25) is 4.79 Å². The van der Waals surface area contributed by atoms with Crippen LogP contribution in [0.2, 0.25) is 0 Å². The highest BCUT2D eigenvalue weighted by Crippen LogP contribution is 2.25. The van der Waals surface area contributed by atoms with Gasteiger partial charge in [0.2, 0.25) is 5.91 Å². The number of aromatic nitrogens is 2. The van der Waals surface area contributed by atoms with E-state index < -0.39 is 5.76 Å². The summed E-state index contributed by atoms with van der Waals surface area (Å²) in [4.78, 5) is 27.4. The number of rotatable bonds is 5. The molecule has 0 unspecified atom stereocenters. The first-order chi connectivity index (χ1) is 13.2. The lowest BCUT2D eigenvalue weighted by molar-refractivity contribution is -0.132. The smallest absolute Gasteiger partial charge is 0.387 e. The fourth-order valence-corrected chi connectivity index (χ4v) is 4.08. The van der Waals surface area contributed by atoms with Crippen molar-refractivity contribution >= 4 is 17.2 Å². The summed E-state index contributed by atoms with van der Waals surface area (Å²) in [6.07, 6.45) is 2.70. The number of carbonyl (C=O) groups is 1. The van der Waals surface area contributed by atoms with Crippen LogP contribution in [-0.2, 0) is 11.2 Å². The summed E-state index contributed by atoms with van der Waals surface area (Å²) in [5.74, 6) is 0.118. The molecule has 1 aliphatic rings. The molecule has 0 bridgehead atoms. The molecule has 2 aromatic heterocycles. The van der Waals surface area contributed by atoms with Gasteiger partial charge < -0.3 is 9.32 Å². The van der Waals surface area contributed by atoms with E-state index in [0.717, 1.165) is 11.3 Å². The molecule has 6 nitrogen and oxygen atoms in total. The van der Waals surface area contributed by atoms with E-state index in [0.29, 0.717) is 38.2 Å². The summed E-state index contributed by atoms with van der Waals surface area (Å²) in [5, 5.41) is 6.29. The van der Waals surface area contributed by atoms with E-state index in [-0.39, 0.29) is 11.9 Å². The van der Waals surface area contributed by atoms with Crippen LogP contribution in [-0.4, -0.2) is 33.7 Å². The average Bonchev–Trinajstić information content (AvgIpc) is 3.37. The van der Waals surface area contributed by atoms with Gasteiger partial charge in [0.15, 0.2) is 0 Å². The largest absolute Gasteiger partial charge is 0.437 e. The molecule has 1 aromatic carbocycles. The Labute approximate surface area is 161 Å². The number of thiophene rings is 1. The molecule has 0 atom stereocenters. The van der Waals surface area contributed by atoms with Crippen LogP contribution in [0.5, 0.6) is 0 Å². The molecule has 1 amide bonds. The van der Waals surface area contributed by atoms with Gasteiger partial charge in [0.1, 0.15) is 0 Å². The summed E-state index contributed by atoms with van der Waals surface area (Å²) in [6.45, 7) is 1.29. The zero-order valence-electron chi connectivity index (χ0n) is 14.9. The number of amides is 1. The van der Waals surface area contributed by atoms with Gasteiger partial charge >= 0.3 is 5.76 Å². The van der Waals surface area contributed by atoms with Crippen LogP contribution in [0.4, 0.5) is 0 Å². The third-order valence-electron chi connectivity index (χ3n) is 4.93. The molecule has 1 saturated heterocycles. The van der Waals surface area contributed by atoms with Crippen LogP contribution in [0.1, 0.15) is 30.9 Å². The predicted molar refractivity (Wildman–Crippen MR) is 104 cm³/mol. The molecular formula is C20H21N3O3S. The molecule has 4 rings (SSSR count). The van der Waals surface area contributed by atoms with Crippen molar-refractivity contribution < 1.29 is 9.21 Å². The van der Waals surface area contributed by atoms with Gasteiger partial charge in [-0.05, 0) is 36.3 Å². The van der Waals surface area contributed by atoms with Gasteiger partial charge in [0.25, 0.3) is 5.89 Å². The van der Waals surface area contributed by atoms with E-state index in [9.17, 15) is 9.59 Å². The SMILES string of the molecule is O=C(CCc1ccccc1)N1CCC(n2nc(-c3cccs3)oc2=O)CC1. The van der Waals surface area contributed by atoms with Crippen molar-refractivity contribution in [2.75, 3.05) is 13.1 Å². The molecule has 27 heavy (non-hydrogen) atoms. The molecule has 1 fully saturated rings. The molecule has 0 saturated carbocycles. The van der Waals surface area contributed by atoms with Crippen molar-refractivity contribution in [1.29, 1.82) is 0 Å². The van der Waals surface area contributed by atoms with Gasteiger partial charge in [0, 0.05) is 19.5 Å². The van der Waals surface area contributed by atoms with Crippen molar-refractivity contribution in [1.82, 2.24) is 14.7 Å². The summed E-state index contributed by atoms with van der Waals surface area (Å²) >= 11 is 1.49. The maximum absolute atomic E-state index is 12.5. The Morgan fingerprint density at radius 1 is 1.15 bits per heavy atom. The number of carbonyl (C=O) groups excluding carboxylic acids is 1. The van der Waals surface area contributed by atoms with Gasteiger partial charge in [-0.15, -0.1) is 16.4 Å². The van der Waals surface area contributed by atoms with Crippen LogP contribution in [0.25, 0.3) is 10.8 Å². The summed E-state index contributed by atoms with van der Waals surface area (Å²) in [7, 11) is 0. The number of benzene rings is 1. The Hall–Kier alpha value is -2.67. The van der Waals surface area contributed by atoms with Crippen molar-refractivity contribution in [3.63, 3.8) is 0 Å². The van der Waals surface area contributed by atoms with Gasteiger partial charge in [0.05, 0.1) is 10.9 Å². The van der Waals surface area contributed by atoms with Crippen molar-refractivity contribution in [3.8, 4) is 10.8 Å².